The fourth-order valence-corrected chi connectivity index (χ4v) is 3.39. The molecule has 0 aliphatic carbocycles. The topological polar surface area (TPSA) is 83.0 Å². The molecule has 0 saturated carbocycles. The molecule has 1 aliphatic rings. The number of benzene rings is 2. The summed E-state index contributed by atoms with van der Waals surface area (Å²) < 4.78 is 5.15. The van der Waals surface area contributed by atoms with E-state index in [0.29, 0.717) is 41.6 Å². The van der Waals surface area contributed by atoms with Crippen molar-refractivity contribution in [2.75, 3.05) is 33.8 Å². The van der Waals surface area contributed by atoms with Crippen LogP contribution >= 0.6 is 35.6 Å². The quantitative estimate of drug-likeness (QED) is 0.243. The van der Waals surface area contributed by atoms with Crippen LogP contribution in [0.2, 0.25) is 5.02 Å². The van der Waals surface area contributed by atoms with Gasteiger partial charge in [0.1, 0.15) is 5.75 Å². The van der Waals surface area contributed by atoms with E-state index in [1.165, 1.54) is 4.90 Å². The summed E-state index contributed by atoms with van der Waals surface area (Å²) in [6, 6.07) is 12.4. The molecule has 0 spiro atoms. The predicted octanol–water partition coefficient (Wildman–Crippen LogP) is 2.97. The Bertz CT molecular complexity index is 917. The van der Waals surface area contributed by atoms with Crippen molar-refractivity contribution >= 4 is 53.4 Å². The lowest BCUT2D eigenvalue weighted by molar-refractivity contribution is 0.0657. The summed E-state index contributed by atoms with van der Waals surface area (Å²) in [7, 11) is 3.27. The van der Waals surface area contributed by atoms with E-state index in [4.69, 9.17) is 16.3 Å². The van der Waals surface area contributed by atoms with E-state index in [9.17, 15) is 9.59 Å². The van der Waals surface area contributed by atoms with Crippen LogP contribution in [0.5, 0.6) is 5.75 Å². The fourth-order valence-electron chi connectivity index (χ4n) is 3.12. The van der Waals surface area contributed by atoms with E-state index >= 15 is 0 Å². The number of amides is 2. The van der Waals surface area contributed by atoms with Crippen molar-refractivity contribution in [1.82, 2.24) is 15.5 Å². The highest BCUT2D eigenvalue weighted by Gasteiger charge is 2.34. The number of aliphatic imine (C=N–C) groups is 1. The minimum Gasteiger partial charge on any atom is -0.497 e. The molecule has 1 aliphatic heterocycles. The maximum absolute atomic E-state index is 12.4. The molecule has 2 aromatic carbocycles. The summed E-state index contributed by atoms with van der Waals surface area (Å²) in [5.41, 5.74) is 1.91. The molecule has 7 nitrogen and oxygen atoms in total. The molecule has 9 heteroatoms. The summed E-state index contributed by atoms with van der Waals surface area (Å²) in [5.74, 6) is 0.789. The first-order valence-corrected chi connectivity index (χ1v) is 9.65. The zero-order valence-electron chi connectivity index (χ0n) is 16.8. The van der Waals surface area contributed by atoms with E-state index in [0.717, 1.165) is 11.3 Å². The number of carbonyl (C=O) groups excluding carboxylic acids is 2. The third-order valence-corrected chi connectivity index (χ3v) is 5.03. The Morgan fingerprint density at radius 2 is 1.70 bits per heavy atom. The number of hydrogen-bond acceptors (Lipinski definition) is 4. The van der Waals surface area contributed by atoms with Gasteiger partial charge in [-0.05, 0) is 36.2 Å². The maximum atomic E-state index is 12.4. The molecule has 0 atom stereocenters. The van der Waals surface area contributed by atoms with Crippen molar-refractivity contribution in [3.63, 3.8) is 0 Å². The molecule has 0 fully saturated rings. The monoisotopic (exact) mass is 542 g/mol. The van der Waals surface area contributed by atoms with Crippen LogP contribution in [0.1, 0.15) is 26.3 Å². The number of hydrogen-bond donors (Lipinski definition) is 2. The van der Waals surface area contributed by atoms with Gasteiger partial charge in [0.2, 0.25) is 0 Å². The summed E-state index contributed by atoms with van der Waals surface area (Å²) in [6.07, 6.45) is 0.710. The Labute approximate surface area is 197 Å². The van der Waals surface area contributed by atoms with E-state index in [1.807, 2.05) is 12.1 Å². The van der Waals surface area contributed by atoms with Crippen LogP contribution in [-0.4, -0.2) is 56.5 Å². The third-order valence-electron chi connectivity index (χ3n) is 4.68. The molecule has 3 rings (SSSR count). The highest BCUT2D eigenvalue weighted by atomic mass is 127. The molecule has 2 amide bonds. The number of methoxy groups -OCH3 is 1. The Balaban J connectivity index is 0.00000320. The Kier molecular flexibility index (Phi) is 8.91. The van der Waals surface area contributed by atoms with Crippen molar-refractivity contribution in [3.05, 3.63) is 64.2 Å². The minimum atomic E-state index is -0.260. The number of fused-ring (bicyclic) bond motifs is 1. The first-order valence-electron chi connectivity index (χ1n) is 9.27. The predicted molar refractivity (Wildman–Crippen MR) is 128 cm³/mol. The number of carbonyl (C=O) groups is 2. The summed E-state index contributed by atoms with van der Waals surface area (Å²) in [5, 5.41) is 6.97. The van der Waals surface area contributed by atoms with Gasteiger partial charge in [-0.15, -0.1) is 24.0 Å². The number of halogens is 2. The summed E-state index contributed by atoms with van der Waals surface area (Å²) in [6.45, 7) is 1.28. The van der Waals surface area contributed by atoms with Crippen molar-refractivity contribution < 1.29 is 14.3 Å². The van der Waals surface area contributed by atoms with E-state index in [1.54, 1.807) is 44.5 Å². The van der Waals surface area contributed by atoms with Crippen molar-refractivity contribution in [3.8, 4) is 5.75 Å². The van der Waals surface area contributed by atoms with E-state index in [-0.39, 0.29) is 42.3 Å². The lowest BCUT2D eigenvalue weighted by Crippen LogP contribution is -2.43. The Morgan fingerprint density at radius 1 is 1.07 bits per heavy atom. The van der Waals surface area contributed by atoms with Gasteiger partial charge in [-0.1, -0.05) is 29.8 Å². The summed E-state index contributed by atoms with van der Waals surface area (Å²) in [4.78, 5) is 30.2. The normalized spacial score (nSPS) is 13.0. The Morgan fingerprint density at radius 3 is 2.27 bits per heavy atom. The number of imide groups is 1. The molecule has 0 aromatic heterocycles. The fraction of sp³-hybridized carbons (Fsp3) is 0.286. The van der Waals surface area contributed by atoms with Gasteiger partial charge in [-0.3, -0.25) is 19.5 Å². The van der Waals surface area contributed by atoms with Gasteiger partial charge in [0.15, 0.2) is 5.96 Å². The number of rotatable bonds is 7. The molecular weight excluding hydrogens is 519 g/mol. The second kappa shape index (κ2) is 11.2. The van der Waals surface area contributed by atoms with Crippen LogP contribution in [0, 0.1) is 0 Å². The third kappa shape index (κ3) is 5.42. The zero-order chi connectivity index (χ0) is 20.8. The van der Waals surface area contributed by atoms with Crippen molar-refractivity contribution in [2.24, 2.45) is 4.99 Å². The van der Waals surface area contributed by atoms with Crippen molar-refractivity contribution in [1.29, 1.82) is 0 Å². The second-order valence-electron chi connectivity index (χ2n) is 6.44. The molecule has 1 heterocycles. The average molecular weight is 543 g/mol. The molecule has 0 unspecified atom stereocenters. The van der Waals surface area contributed by atoms with E-state index < -0.39 is 0 Å². The lowest BCUT2D eigenvalue weighted by atomic mass is 10.1. The Hall–Kier alpha value is -2.33. The van der Waals surface area contributed by atoms with Crippen LogP contribution in [0.3, 0.4) is 0 Å². The van der Waals surface area contributed by atoms with Gasteiger partial charge in [-0.2, -0.15) is 0 Å². The molecule has 2 aromatic rings. The average Bonchev–Trinajstić information content (AvgIpc) is 2.98. The summed E-state index contributed by atoms with van der Waals surface area (Å²) >= 11 is 6.26. The number of ether oxygens (including phenoxy) is 1. The number of nitrogens with one attached hydrogen (secondary N) is 2. The minimum absolute atomic E-state index is 0. The van der Waals surface area contributed by atoms with Crippen molar-refractivity contribution in [2.45, 2.75) is 6.42 Å². The molecule has 2 N–H and O–H groups in total. The van der Waals surface area contributed by atoms with Crippen LogP contribution in [0.4, 0.5) is 0 Å². The van der Waals surface area contributed by atoms with Gasteiger partial charge in [0, 0.05) is 31.7 Å². The largest absolute Gasteiger partial charge is 0.497 e. The van der Waals surface area contributed by atoms with Gasteiger partial charge >= 0.3 is 0 Å². The second-order valence-corrected chi connectivity index (χ2v) is 6.85. The molecular formula is C21H24ClIN4O3. The van der Waals surface area contributed by atoms with Crippen LogP contribution in [0.15, 0.2) is 47.5 Å². The molecule has 0 bridgehead atoms. The molecule has 30 heavy (non-hydrogen) atoms. The number of nitrogens with zero attached hydrogens (tertiary/aromatic N) is 2. The first kappa shape index (κ1) is 23.9. The van der Waals surface area contributed by atoms with Crippen LogP contribution in [0.25, 0.3) is 0 Å². The molecule has 0 saturated heterocycles. The zero-order valence-corrected chi connectivity index (χ0v) is 19.9. The first-order chi connectivity index (χ1) is 14.0. The van der Waals surface area contributed by atoms with E-state index in [2.05, 4.69) is 15.6 Å². The van der Waals surface area contributed by atoms with Gasteiger partial charge in [0.25, 0.3) is 11.8 Å². The smallest absolute Gasteiger partial charge is 0.261 e. The van der Waals surface area contributed by atoms with Crippen LogP contribution < -0.4 is 15.4 Å². The standard InChI is InChI=1S/C21H23ClN4O3.HI/c1-23-21(24-10-9-14-7-8-15(29-2)13-18(14)22)25-11-12-26-19(27)16-5-3-4-6-17(16)20(26)28;/h3-8,13H,9-12H2,1-2H3,(H2,23,24,25);1H. The SMILES string of the molecule is CN=C(NCCc1ccc(OC)cc1Cl)NCCN1C(=O)c2ccccc2C1=O.I. The lowest BCUT2D eigenvalue weighted by Gasteiger charge is -2.16. The molecule has 160 valence electrons. The van der Waals surface area contributed by atoms with Crippen LogP contribution in [-0.2, 0) is 6.42 Å². The highest BCUT2D eigenvalue weighted by molar-refractivity contribution is 14.0. The highest BCUT2D eigenvalue weighted by Crippen LogP contribution is 2.23. The maximum Gasteiger partial charge on any atom is 0.261 e. The number of guanidine groups is 1. The molecule has 0 radical (unpaired) electrons. The van der Waals surface area contributed by atoms with Gasteiger partial charge in [-0.25, -0.2) is 0 Å². The van der Waals surface area contributed by atoms with Gasteiger partial charge < -0.3 is 15.4 Å². The van der Waals surface area contributed by atoms with Gasteiger partial charge in [0.05, 0.1) is 18.2 Å².